The monoisotopic (exact) mass is 516 g/mol. The zero-order valence-corrected chi connectivity index (χ0v) is 20.3. The average molecular weight is 517 g/mol. The van der Waals surface area contributed by atoms with Gasteiger partial charge in [0.1, 0.15) is 5.75 Å². The summed E-state index contributed by atoms with van der Waals surface area (Å²) in [5.74, 6) is -0.375. The van der Waals surface area contributed by atoms with Gasteiger partial charge in [-0.15, -0.1) is 17.9 Å². The van der Waals surface area contributed by atoms with Crippen molar-refractivity contribution in [3.63, 3.8) is 0 Å². The van der Waals surface area contributed by atoms with E-state index in [4.69, 9.17) is 0 Å². The molecule has 36 heavy (non-hydrogen) atoms. The lowest BCUT2D eigenvalue weighted by Crippen LogP contribution is -2.55. The average Bonchev–Trinajstić information content (AvgIpc) is 3.02. The molecule has 1 fully saturated rings. The molecule has 1 heterocycles. The molecular weight excluding hydrogens is 489 g/mol. The lowest BCUT2D eigenvalue weighted by molar-refractivity contribution is -0.274. The van der Waals surface area contributed by atoms with Crippen molar-refractivity contribution in [2.45, 2.75) is 61.5 Å². The molecule has 1 saturated carbocycles. The lowest BCUT2D eigenvalue weighted by Gasteiger charge is -2.43. The van der Waals surface area contributed by atoms with Crippen LogP contribution in [0.1, 0.15) is 30.4 Å². The standard InChI is InChI=1S/C27H27F3N2O3S/c28-27(29,30)35-20-14-16-21(17-15-20)36(34)31-22-8-5-11-25(26(22)33)32-23-9-3-1-6-18(23)12-13-19-7-2-4-10-24(19)32/h1-4,6-7,9-10,14-17,22,25-26,31,33H,5,8,11-13H2/t22-,25-,26-,36?/m0/s1. The van der Waals surface area contributed by atoms with Gasteiger partial charge in [-0.1, -0.05) is 36.4 Å². The lowest BCUT2D eigenvalue weighted by atomic mass is 9.86. The van der Waals surface area contributed by atoms with Gasteiger partial charge < -0.3 is 19.3 Å². The summed E-state index contributed by atoms with van der Waals surface area (Å²) in [7, 11) is 0. The minimum atomic E-state index is -4.79. The fourth-order valence-corrected chi connectivity index (χ4v) is 6.26. The predicted octanol–water partition coefficient (Wildman–Crippen LogP) is 5.42. The Hall–Kier alpha value is -2.72. The van der Waals surface area contributed by atoms with E-state index in [0.29, 0.717) is 11.3 Å². The van der Waals surface area contributed by atoms with Crippen molar-refractivity contribution in [1.82, 2.24) is 4.72 Å². The van der Waals surface area contributed by atoms with Gasteiger partial charge in [-0.25, -0.2) is 0 Å². The Morgan fingerprint density at radius 2 is 1.47 bits per heavy atom. The topological polar surface area (TPSA) is 67.8 Å². The van der Waals surface area contributed by atoms with Crippen LogP contribution < -0.4 is 14.4 Å². The number of aliphatic hydroxyl groups is 1. The Kier molecular flexibility index (Phi) is 7.16. The molecule has 4 atom stereocenters. The highest BCUT2D eigenvalue weighted by atomic mass is 32.2. The van der Waals surface area contributed by atoms with E-state index in [1.165, 1.54) is 23.3 Å². The van der Waals surface area contributed by atoms with Gasteiger partial charge in [-0.05, 0) is 79.6 Å². The second-order valence-corrected chi connectivity index (χ2v) is 10.4. The Balaban J connectivity index is 1.37. The van der Waals surface area contributed by atoms with Crippen LogP contribution in [0, 0.1) is 0 Å². The highest BCUT2D eigenvalue weighted by molar-refractivity contribution is 7.89. The maximum atomic E-state index is 13.0. The number of nitrogens with zero attached hydrogens (tertiary/aromatic N) is 1. The highest BCUT2D eigenvalue weighted by Crippen LogP contribution is 2.41. The Labute approximate surface area is 211 Å². The SMILES string of the molecule is [O-][S+](N[C@H]1CCC[C@H](N2c3ccccc3CCc3ccccc32)[C@H]1O)c1ccc(OC(F)(F)F)cc1. The van der Waals surface area contributed by atoms with Gasteiger partial charge in [0.15, 0.2) is 4.90 Å². The summed E-state index contributed by atoms with van der Waals surface area (Å²) in [5.41, 5.74) is 4.60. The number of fused-ring (bicyclic) bond motifs is 2. The van der Waals surface area contributed by atoms with Crippen molar-refractivity contribution in [3.8, 4) is 5.75 Å². The van der Waals surface area contributed by atoms with Gasteiger partial charge in [0, 0.05) is 11.4 Å². The number of anilines is 2. The summed E-state index contributed by atoms with van der Waals surface area (Å²) in [6.07, 6.45) is -1.54. The van der Waals surface area contributed by atoms with Crippen molar-refractivity contribution in [2.75, 3.05) is 4.90 Å². The molecule has 2 N–H and O–H groups in total. The number of aliphatic hydroxyl groups excluding tert-OH is 1. The second-order valence-electron chi connectivity index (χ2n) is 9.13. The van der Waals surface area contributed by atoms with Gasteiger partial charge in [0.25, 0.3) is 0 Å². The number of para-hydroxylation sites is 2. The van der Waals surface area contributed by atoms with Crippen molar-refractivity contribution in [3.05, 3.63) is 83.9 Å². The number of hydrogen-bond acceptors (Lipinski definition) is 5. The van der Waals surface area contributed by atoms with Crippen LogP contribution in [0.4, 0.5) is 24.5 Å². The normalized spacial score (nSPS) is 22.8. The van der Waals surface area contributed by atoms with Crippen LogP contribution in [0.3, 0.4) is 0 Å². The zero-order chi connectivity index (χ0) is 25.3. The fraction of sp³-hybridized carbons (Fsp3) is 0.333. The molecule has 5 nitrogen and oxygen atoms in total. The molecule has 0 spiro atoms. The molecule has 0 amide bonds. The highest BCUT2D eigenvalue weighted by Gasteiger charge is 2.40. The van der Waals surface area contributed by atoms with E-state index < -0.39 is 29.9 Å². The summed E-state index contributed by atoms with van der Waals surface area (Å²) in [6.45, 7) is 0. The minimum absolute atomic E-state index is 0.226. The quantitative estimate of drug-likeness (QED) is 0.444. The van der Waals surface area contributed by atoms with Crippen molar-refractivity contribution < 1.29 is 27.6 Å². The van der Waals surface area contributed by atoms with Gasteiger partial charge >= 0.3 is 6.36 Å². The molecule has 5 rings (SSSR count). The number of alkyl halides is 3. The fourth-order valence-electron chi connectivity index (χ4n) is 5.21. The van der Waals surface area contributed by atoms with Crippen LogP contribution >= 0.6 is 0 Å². The van der Waals surface area contributed by atoms with Crippen LogP contribution in [-0.4, -0.2) is 34.2 Å². The molecule has 1 unspecified atom stereocenters. The van der Waals surface area contributed by atoms with E-state index in [0.717, 1.165) is 49.2 Å². The smallest absolute Gasteiger partial charge is 0.573 e. The summed E-state index contributed by atoms with van der Waals surface area (Å²) in [4.78, 5) is 2.55. The number of benzene rings is 3. The third kappa shape index (κ3) is 5.34. The number of ether oxygens (including phenoxy) is 1. The number of halogens is 3. The van der Waals surface area contributed by atoms with Crippen LogP contribution in [0.25, 0.3) is 0 Å². The number of hydrogen-bond donors (Lipinski definition) is 2. The van der Waals surface area contributed by atoms with E-state index in [1.807, 2.05) is 24.3 Å². The minimum Gasteiger partial charge on any atom is -0.593 e. The van der Waals surface area contributed by atoms with Gasteiger partial charge in [0.05, 0.1) is 29.5 Å². The Morgan fingerprint density at radius 1 is 0.889 bits per heavy atom. The molecule has 0 bridgehead atoms. The number of nitrogens with one attached hydrogen (secondary N) is 1. The van der Waals surface area contributed by atoms with Crippen LogP contribution in [-0.2, 0) is 24.2 Å². The summed E-state index contributed by atoms with van der Waals surface area (Å²) >= 11 is -1.71. The van der Waals surface area contributed by atoms with Crippen molar-refractivity contribution in [1.29, 1.82) is 0 Å². The molecule has 0 radical (unpaired) electrons. The van der Waals surface area contributed by atoms with E-state index in [-0.39, 0.29) is 11.8 Å². The maximum absolute atomic E-state index is 13.0. The van der Waals surface area contributed by atoms with Crippen LogP contribution in [0.5, 0.6) is 5.75 Å². The molecule has 3 aromatic rings. The van der Waals surface area contributed by atoms with Crippen molar-refractivity contribution >= 4 is 22.7 Å². The number of rotatable bonds is 5. The van der Waals surface area contributed by atoms with Gasteiger partial charge in [-0.3, -0.25) is 0 Å². The van der Waals surface area contributed by atoms with Crippen LogP contribution in [0.15, 0.2) is 77.7 Å². The second kappa shape index (κ2) is 10.3. The Bertz CT molecular complexity index is 1140. The molecular formula is C27H27F3N2O3S. The summed E-state index contributed by atoms with van der Waals surface area (Å²) < 4.78 is 57.2. The molecule has 2 aliphatic rings. The largest absolute Gasteiger partial charge is 0.593 e. The molecule has 0 saturated heterocycles. The molecule has 9 heteroatoms. The van der Waals surface area contributed by atoms with E-state index in [1.54, 1.807) is 0 Å². The molecule has 1 aliphatic heterocycles. The first-order chi connectivity index (χ1) is 17.3. The maximum Gasteiger partial charge on any atom is 0.573 e. The first kappa shape index (κ1) is 25.0. The third-order valence-corrected chi connectivity index (χ3v) is 8.07. The Morgan fingerprint density at radius 3 is 2.06 bits per heavy atom. The molecule has 190 valence electrons. The van der Waals surface area contributed by atoms with Crippen LogP contribution in [0.2, 0.25) is 0 Å². The van der Waals surface area contributed by atoms with E-state index in [2.05, 4.69) is 38.6 Å². The molecule has 1 aliphatic carbocycles. The predicted molar refractivity (Wildman–Crippen MR) is 133 cm³/mol. The first-order valence-electron chi connectivity index (χ1n) is 12.0. The molecule has 0 aromatic heterocycles. The molecule has 3 aromatic carbocycles. The first-order valence-corrected chi connectivity index (χ1v) is 13.1. The van der Waals surface area contributed by atoms with Gasteiger partial charge in [-0.2, -0.15) is 0 Å². The van der Waals surface area contributed by atoms with Gasteiger partial charge in [0.2, 0.25) is 0 Å². The summed E-state index contributed by atoms with van der Waals surface area (Å²) in [6, 6.07) is 20.8. The van der Waals surface area contributed by atoms with Crippen molar-refractivity contribution in [2.24, 2.45) is 0 Å². The van der Waals surface area contributed by atoms with E-state index in [9.17, 15) is 22.8 Å². The van der Waals surface area contributed by atoms with E-state index >= 15 is 0 Å². The number of aryl methyl sites for hydroxylation is 2. The summed E-state index contributed by atoms with van der Waals surface area (Å²) in [5, 5.41) is 11.5. The zero-order valence-electron chi connectivity index (χ0n) is 19.4. The third-order valence-electron chi connectivity index (χ3n) is 6.85.